The van der Waals surface area contributed by atoms with E-state index in [0.29, 0.717) is 10.7 Å². The Balaban J connectivity index is 1.97. The van der Waals surface area contributed by atoms with E-state index < -0.39 is 0 Å². The minimum absolute atomic E-state index is 0.355. The first-order chi connectivity index (χ1) is 9.05. The molecule has 19 heavy (non-hydrogen) atoms. The minimum atomic E-state index is 0.355. The van der Waals surface area contributed by atoms with Gasteiger partial charge in [0.15, 0.2) is 0 Å². The summed E-state index contributed by atoms with van der Waals surface area (Å²) >= 11 is 7.68. The lowest BCUT2D eigenvalue weighted by Gasteiger charge is -2.24. The van der Waals surface area contributed by atoms with E-state index >= 15 is 0 Å². The normalized spacial score (nSPS) is 19.6. The van der Waals surface area contributed by atoms with Crippen molar-refractivity contribution in [1.29, 1.82) is 0 Å². The standard InChI is InChI=1S/C14H18ClN3S/c1-14(2)5-3-7-18(8-6-14)11-10-4-9-19-12(10)17-13(15)16-11/h4,9H,3,5-8H2,1-2H3. The Morgan fingerprint density at radius 1 is 1.26 bits per heavy atom. The Morgan fingerprint density at radius 3 is 2.95 bits per heavy atom. The predicted octanol–water partition coefficient (Wildman–Crippen LogP) is 4.36. The highest BCUT2D eigenvalue weighted by molar-refractivity contribution is 7.16. The zero-order chi connectivity index (χ0) is 13.5. The van der Waals surface area contributed by atoms with Crippen molar-refractivity contribution < 1.29 is 0 Å². The third-order valence-electron chi connectivity index (χ3n) is 3.92. The second-order valence-corrected chi connectivity index (χ2v) is 7.19. The summed E-state index contributed by atoms with van der Waals surface area (Å²) in [7, 11) is 0. The van der Waals surface area contributed by atoms with E-state index in [9.17, 15) is 0 Å². The van der Waals surface area contributed by atoms with Gasteiger partial charge in [-0.1, -0.05) is 13.8 Å². The number of fused-ring (bicyclic) bond motifs is 1. The number of hydrogen-bond acceptors (Lipinski definition) is 4. The lowest BCUT2D eigenvalue weighted by atomic mass is 9.85. The maximum atomic E-state index is 6.05. The zero-order valence-electron chi connectivity index (χ0n) is 11.3. The Bertz CT molecular complexity index is 593. The second kappa shape index (κ2) is 4.91. The minimum Gasteiger partial charge on any atom is -0.356 e. The Morgan fingerprint density at radius 2 is 2.11 bits per heavy atom. The Labute approximate surface area is 122 Å². The van der Waals surface area contributed by atoms with Crippen molar-refractivity contribution in [3.05, 3.63) is 16.7 Å². The lowest BCUT2D eigenvalue weighted by molar-refractivity contribution is 0.325. The number of anilines is 1. The van der Waals surface area contributed by atoms with Crippen molar-refractivity contribution in [3.63, 3.8) is 0 Å². The largest absolute Gasteiger partial charge is 0.356 e. The molecule has 2 aromatic heterocycles. The molecule has 0 aromatic carbocycles. The number of aromatic nitrogens is 2. The third kappa shape index (κ3) is 2.70. The van der Waals surface area contributed by atoms with Crippen molar-refractivity contribution in [2.75, 3.05) is 18.0 Å². The van der Waals surface area contributed by atoms with Crippen molar-refractivity contribution in [2.24, 2.45) is 5.41 Å². The third-order valence-corrected chi connectivity index (χ3v) is 4.89. The summed E-state index contributed by atoms with van der Waals surface area (Å²) in [5.41, 5.74) is 0.430. The molecule has 0 bridgehead atoms. The molecule has 0 atom stereocenters. The van der Waals surface area contributed by atoms with Crippen LogP contribution in [0.5, 0.6) is 0 Å². The fourth-order valence-corrected chi connectivity index (χ4v) is 3.66. The number of nitrogens with zero attached hydrogens (tertiary/aromatic N) is 3. The molecular formula is C14H18ClN3S. The van der Waals surface area contributed by atoms with E-state index in [4.69, 9.17) is 11.6 Å². The maximum Gasteiger partial charge on any atom is 0.225 e. The van der Waals surface area contributed by atoms with E-state index in [1.807, 2.05) is 0 Å². The molecule has 0 radical (unpaired) electrons. The zero-order valence-corrected chi connectivity index (χ0v) is 12.9. The average molecular weight is 296 g/mol. The fourth-order valence-electron chi connectivity index (χ4n) is 2.69. The molecule has 0 unspecified atom stereocenters. The molecule has 3 rings (SSSR count). The highest BCUT2D eigenvalue weighted by Gasteiger charge is 2.25. The molecule has 3 heterocycles. The molecule has 1 saturated heterocycles. The van der Waals surface area contributed by atoms with E-state index in [1.54, 1.807) is 11.3 Å². The number of thiophene rings is 1. The van der Waals surface area contributed by atoms with Crippen molar-refractivity contribution in [1.82, 2.24) is 9.97 Å². The van der Waals surface area contributed by atoms with Crippen LogP contribution in [0.4, 0.5) is 5.82 Å². The highest BCUT2D eigenvalue weighted by Crippen LogP contribution is 2.34. The van der Waals surface area contributed by atoms with Crippen LogP contribution >= 0.6 is 22.9 Å². The quantitative estimate of drug-likeness (QED) is 0.732. The Hall–Kier alpha value is -0.870. The summed E-state index contributed by atoms with van der Waals surface area (Å²) in [6, 6.07) is 2.10. The topological polar surface area (TPSA) is 29.0 Å². The van der Waals surface area contributed by atoms with Gasteiger partial charge >= 0.3 is 0 Å². The van der Waals surface area contributed by atoms with Gasteiger partial charge in [-0.2, -0.15) is 4.98 Å². The number of halogens is 1. The summed E-state index contributed by atoms with van der Waals surface area (Å²) in [5, 5.41) is 3.54. The second-order valence-electron chi connectivity index (χ2n) is 5.96. The predicted molar refractivity (Wildman–Crippen MR) is 82.3 cm³/mol. The van der Waals surface area contributed by atoms with Gasteiger partial charge in [0.1, 0.15) is 10.6 Å². The van der Waals surface area contributed by atoms with Gasteiger partial charge in [0.05, 0.1) is 5.39 Å². The summed E-state index contributed by atoms with van der Waals surface area (Å²) in [6.45, 7) is 6.81. The molecule has 0 spiro atoms. The van der Waals surface area contributed by atoms with Crippen LogP contribution in [0, 0.1) is 5.41 Å². The Kier molecular flexibility index (Phi) is 3.39. The number of hydrogen-bond donors (Lipinski definition) is 0. The average Bonchev–Trinajstić information content (AvgIpc) is 2.72. The summed E-state index contributed by atoms with van der Waals surface area (Å²) in [6.07, 6.45) is 3.68. The highest BCUT2D eigenvalue weighted by atomic mass is 35.5. The molecule has 5 heteroatoms. The van der Waals surface area contributed by atoms with Crippen molar-refractivity contribution in [2.45, 2.75) is 33.1 Å². The first kappa shape index (κ1) is 13.1. The summed E-state index contributed by atoms with van der Waals surface area (Å²) in [5.74, 6) is 1.01. The molecule has 102 valence electrons. The first-order valence-corrected chi connectivity index (χ1v) is 7.97. The molecule has 0 aliphatic carbocycles. The fraction of sp³-hybridized carbons (Fsp3) is 0.571. The molecule has 0 amide bonds. The van der Waals surface area contributed by atoms with E-state index in [1.165, 1.54) is 19.3 Å². The van der Waals surface area contributed by atoms with E-state index in [0.717, 1.165) is 29.1 Å². The van der Waals surface area contributed by atoms with Gasteiger partial charge < -0.3 is 4.90 Å². The van der Waals surface area contributed by atoms with Crippen LogP contribution in [0.2, 0.25) is 5.28 Å². The van der Waals surface area contributed by atoms with Gasteiger partial charge in [0, 0.05) is 13.1 Å². The van der Waals surface area contributed by atoms with Gasteiger partial charge in [-0.15, -0.1) is 11.3 Å². The van der Waals surface area contributed by atoms with Gasteiger partial charge in [-0.25, -0.2) is 4.98 Å². The van der Waals surface area contributed by atoms with Crippen LogP contribution in [0.1, 0.15) is 33.1 Å². The molecule has 2 aromatic rings. The van der Waals surface area contributed by atoms with Crippen molar-refractivity contribution >= 4 is 39.0 Å². The van der Waals surface area contributed by atoms with Gasteiger partial charge in [0.25, 0.3) is 0 Å². The van der Waals surface area contributed by atoms with E-state index in [-0.39, 0.29) is 0 Å². The number of rotatable bonds is 1. The molecular weight excluding hydrogens is 278 g/mol. The smallest absolute Gasteiger partial charge is 0.225 e. The molecule has 1 fully saturated rings. The summed E-state index contributed by atoms with van der Waals surface area (Å²) < 4.78 is 0. The van der Waals surface area contributed by atoms with Gasteiger partial charge in [0.2, 0.25) is 5.28 Å². The van der Waals surface area contributed by atoms with Crippen LogP contribution < -0.4 is 4.90 Å². The van der Waals surface area contributed by atoms with Crippen LogP contribution in [-0.4, -0.2) is 23.1 Å². The van der Waals surface area contributed by atoms with Gasteiger partial charge in [-0.3, -0.25) is 0 Å². The SMILES string of the molecule is CC1(C)CCCN(c2nc(Cl)nc3sccc23)CC1. The van der Waals surface area contributed by atoms with E-state index in [2.05, 4.69) is 40.2 Å². The summed E-state index contributed by atoms with van der Waals surface area (Å²) in [4.78, 5) is 12.1. The molecule has 0 saturated carbocycles. The van der Waals surface area contributed by atoms with Crippen LogP contribution in [0.25, 0.3) is 10.2 Å². The van der Waals surface area contributed by atoms with Crippen LogP contribution in [0.15, 0.2) is 11.4 Å². The monoisotopic (exact) mass is 295 g/mol. The molecule has 1 aliphatic heterocycles. The van der Waals surface area contributed by atoms with Gasteiger partial charge in [-0.05, 0) is 47.7 Å². The molecule has 3 nitrogen and oxygen atoms in total. The lowest BCUT2D eigenvalue weighted by Crippen LogP contribution is -2.26. The molecule has 1 aliphatic rings. The van der Waals surface area contributed by atoms with Crippen LogP contribution in [-0.2, 0) is 0 Å². The van der Waals surface area contributed by atoms with Crippen LogP contribution in [0.3, 0.4) is 0 Å². The first-order valence-electron chi connectivity index (χ1n) is 6.71. The van der Waals surface area contributed by atoms with Crippen molar-refractivity contribution in [3.8, 4) is 0 Å². The molecule has 0 N–H and O–H groups in total. The maximum absolute atomic E-state index is 6.05.